The van der Waals surface area contributed by atoms with Crippen LogP contribution >= 0.6 is 0 Å². The Morgan fingerprint density at radius 2 is 0.870 bits per heavy atom. The van der Waals surface area contributed by atoms with E-state index in [4.69, 9.17) is 9.72 Å². The summed E-state index contributed by atoms with van der Waals surface area (Å²) in [6.07, 6.45) is 33.0. The molecule has 0 bridgehead atoms. The summed E-state index contributed by atoms with van der Waals surface area (Å²) < 4.78 is 20.5. The fourth-order valence-corrected chi connectivity index (χ4v) is 14.1. The number of pyridine rings is 8. The molecule has 16 rings (SSSR count). The van der Waals surface area contributed by atoms with Gasteiger partial charge in [-0.05, 0) is 178 Å². The second-order valence-corrected chi connectivity index (χ2v) is 27.3. The van der Waals surface area contributed by atoms with Gasteiger partial charge in [-0.25, -0.2) is 19.9 Å². The molecule has 2 N–H and O–H groups in total. The van der Waals surface area contributed by atoms with E-state index in [-0.39, 0.29) is 22.2 Å². The van der Waals surface area contributed by atoms with Crippen LogP contribution in [0, 0.1) is 40.5 Å². The Labute approximate surface area is 581 Å². The van der Waals surface area contributed by atoms with E-state index < -0.39 is 0 Å². The van der Waals surface area contributed by atoms with Crippen molar-refractivity contribution < 1.29 is 4.74 Å². The molecule has 20 nitrogen and oxygen atoms in total. The van der Waals surface area contributed by atoms with Crippen molar-refractivity contribution in [3.63, 3.8) is 0 Å². The summed E-state index contributed by atoms with van der Waals surface area (Å²) in [6, 6.07) is 35.1. The first-order chi connectivity index (χ1) is 48.4. The molecule has 1 saturated heterocycles. The molecule has 0 radical (unpaired) electrons. The maximum Gasteiger partial charge on any atom is 0.253 e. The van der Waals surface area contributed by atoms with E-state index in [1.807, 2.05) is 126 Å². The van der Waals surface area contributed by atoms with Gasteiger partial charge in [-0.1, -0.05) is 56.0 Å². The van der Waals surface area contributed by atoms with Gasteiger partial charge in [-0.3, -0.25) is 32.9 Å². The summed E-state index contributed by atoms with van der Waals surface area (Å²) in [6.45, 7) is 14.8. The SMILES string of the molecule is Cc1cc(-c2ccc3ncc(CN4CCOCC4)n3c2)cn(C)c1=O.Cc1cc(-c2ccc3ncc(NC4CCCC4)n3c2)cn(C)c1=O.Cc1cc(-c2ccc3ncc(NCC4CCCC4)n3c2)cn(C)c1=O.Cc1nc2ccc(-c3cc(C)c(=O)n(C)c3)cn2c1Cc1ccccc1. The molecule has 12 aromatic heterocycles. The Bertz CT molecular complexity index is 5250. The number of benzene rings is 1. The van der Waals surface area contributed by atoms with Crippen LogP contribution in [-0.2, 0) is 45.9 Å². The summed E-state index contributed by atoms with van der Waals surface area (Å²) in [5.41, 5.74) is 20.0. The van der Waals surface area contributed by atoms with Gasteiger partial charge in [0.25, 0.3) is 22.2 Å². The molecule has 1 aliphatic heterocycles. The molecule has 0 unspecified atom stereocenters. The smallest absolute Gasteiger partial charge is 0.253 e. The molecule has 20 heteroatoms. The zero-order valence-corrected chi connectivity index (χ0v) is 58.8. The highest BCUT2D eigenvalue weighted by molar-refractivity contribution is 5.69. The minimum Gasteiger partial charge on any atom is -0.379 e. The number of hydrogen-bond acceptors (Lipinski definition) is 12. The number of fused-ring (bicyclic) bond motifs is 4. The fourth-order valence-electron chi connectivity index (χ4n) is 14.1. The van der Waals surface area contributed by atoms with Crippen molar-refractivity contribution in [3.8, 4) is 44.5 Å². The maximum absolute atomic E-state index is 12.0. The third-order valence-corrected chi connectivity index (χ3v) is 19.8. The second-order valence-electron chi connectivity index (χ2n) is 27.3. The van der Waals surface area contributed by atoms with Gasteiger partial charge in [0.2, 0.25) is 0 Å². The van der Waals surface area contributed by atoms with Gasteiger partial charge in [0, 0.05) is 155 Å². The van der Waals surface area contributed by atoms with Gasteiger partial charge in [-0.2, -0.15) is 0 Å². The second kappa shape index (κ2) is 29.8. The Kier molecular flexibility index (Phi) is 20.2. The van der Waals surface area contributed by atoms with E-state index in [1.54, 1.807) is 46.5 Å². The van der Waals surface area contributed by atoms with E-state index in [1.165, 1.54) is 68.3 Å². The lowest BCUT2D eigenvalue weighted by molar-refractivity contribution is 0.0335. The number of rotatable bonds is 13. The zero-order chi connectivity index (χ0) is 69.7. The third kappa shape index (κ3) is 15.1. The van der Waals surface area contributed by atoms with Gasteiger partial charge in [-0.15, -0.1) is 0 Å². The number of nitrogens with one attached hydrogen (secondary N) is 2. The summed E-state index contributed by atoms with van der Waals surface area (Å²) in [7, 11) is 7.17. The molecular formula is C80H89N15O5. The first-order valence-electron chi connectivity index (χ1n) is 34.8. The Balaban J connectivity index is 0.000000120. The predicted octanol–water partition coefficient (Wildman–Crippen LogP) is 12.7. The highest BCUT2D eigenvalue weighted by Gasteiger charge is 2.20. The van der Waals surface area contributed by atoms with Crippen LogP contribution in [-0.4, -0.2) is 99.6 Å². The van der Waals surface area contributed by atoms with Crippen molar-refractivity contribution in [1.82, 2.24) is 60.7 Å². The van der Waals surface area contributed by atoms with Crippen LogP contribution < -0.4 is 32.9 Å². The van der Waals surface area contributed by atoms with Crippen molar-refractivity contribution >= 4 is 34.2 Å². The van der Waals surface area contributed by atoms with Gasteiger partial charge >= 0.3 is 0 Å². The largest absolute Gasteiger partial charge is 0.379 e. The highest BCUT2D eigenvalue weighted by atomic mass is 16.5. The molecule has 2 aliphatic carbocycles. The van der Waals surface area contributed by atoms with Crippen molar-refractivity contribution in [1.29, 1.82) is 0 Å². The number of ether oxygens (including phenoxy) is 1. The van der Waals surface area contributed by atoms with Crippen molar-refractivity contribution in [3.05, 3.63) is 258 Å². The number of imidazole rings is 4. The fraction of sp³-hybridized carbons (Fsp3) is 0.325. The normalized spacial score (nSPS) is 14.3. The van der Waals surface area contributed by atoms with Crippen molar-refractivity contribution in [2.75, 3.05) is 43.5 Å². The summed E-state index contributed by atoms with van der Waals surface area (Å²) in [5, 5.41) is 7.19. The van der Waals surface area contributed by atoms with Gasteiger partial charge in [0.1, 0.15) is 34.2 Å². The molecule has 0 atom stereocenters. The van der Waals surface area contributed by atoms with Crippen LogP contribution in [0.3, 0.4) is 0 Å². The molecule has 3 fully saturated rings. The summed E-state index contributed by atoms with van der Waals surface area (Å²) in [5.74, 6) is 2.85. The molecule has 514 valence electrons. The van der Waals surface area contributed by atoms with Crippen LogP contribution in [0.5, 0.6) is 0 Å². The maximum atomic E-state index is 12.0. The predicted molar refractivity (Wildman–Crippen MR) is 399 cm³/mol. The Hall–Kier alpha value is -10.7. The van der Waals surface area contributed by atoms with Crippen LogP contribution in [0.2, 0.25) is 0 Å². The zero-order valence-electron chi connectivity index (χ0n) is 58.8. The highest BCUT2D eigenvalue weighted by Crippen LogP contribution is 2.30. The molecule has 0 spiro atoms. The molecule has 0 amide bonds. The number of nitrogens with zero attached hydrogens (tertiary/aromatic N) is 13. The standard InChI is InChI=1S/C22H21N3O.C20H24N4O.C19H22N4O2.C19H22N4O/c1-15-11-19(13-24(3)22(15)26)18-9-10-21-23-16(2)20(25(21)14-18)12-17-7-5-4-6-8-17;1-14-9-17(12-23(2)20(14)25)16-7-8-18-22-11-19(24(18)13-16)21-10-15-5-3-4-6-15;1-14-9-16(11-21(2)19(14)24)15-3-4-18-20-10-17(23(18)12-15)13-22-5-7-25-8-6-22;1-13-9-15(11-22(2)19(13)24)14-7-8-17-20-10-18(23(17)12-14)21-16-5-3-4-6-16/h4-11,13-14H,12H2,1-3H3;7-9,11-13,15,21H,3-6,10H2,1-2H3;3-4,9-12H,5-8,13H2,1-2H3;7-12,16,21H,3-6H2,1-2H3. The number of morpholine rings is 1. The van der Waals surface area contributed by atoms with Crippen molar-refractivity contribution in [2.45, 2.75) is 105 Å². The Morgan fingerprint density at radius 1 is 0.450 bits per heavy atom. The average molecular weight is 1340 g/mol. The minimum absolute atomic E-state index is 0.0399. The van der Waals surface area contributed by atoms with E-state index in [2.05, 4.69) is 128 Å². The molecule has 13 heterocycles. The molecule has 3 aliphatic rings. The van der Waals surface area contributed by atoms with Crippen LogP contribution in [0.1, 0.15) is 96.3 Å². The quantitative estimate of drug-likeness (QED) is 0.111. The summed E-state index contributed by atoms with van der Waals surface area (Å²) in [4.78, 5) is 68.3. The summed E-state index contributed by atoms with van der Waals surface area (Å²) >= 11 is 0. The van der Waals surface area contributed by atoms with Crippen LogP contribution in [0.25, 0.3) is 67.1 Å². The minimum atomic E-state index is 0.0399. The van der Waals surface area contributed by atoms with Gasteiger partial charge in [0.15, 0.2) is 0 Å². The number of aryl methyl sites for hydroxylation is 9. The topological polar surface area (TPSA) is 194 Å². The number of hydrogen-bond donors (Lipinski definition) is 2. The lowest BCUT2D eigenvalue weighted by Gasteiger charge is -2.26. The number of aromatic nitrogens is 12. The van der Waals surface area contributed by atoms with E-state index >= 15 is 0 Å². The van der Waals surface area contributed by atoms with Gasteiger partial charge in [0.05, 0.1) is 43.2 Å². The monoisotopic (exact) mass is 1340 g/mol. The molecule has 100 heavy (non-hydrogen) atoms. The first kappa shape index (κ1) is 67.9. The van der Waals surface area contributed by atoms with Crippen molar-refractivity contribution in [2.24, 2.45) is 34.1 Å². The third-order valence-electron chi connectivity index (χ3n) is 19.8. The van der Waals surface area contributed by atoms with Gasteiger partial charge < -0.3 is 42.4 Å². The molecule has 13 aromatic rings. The molecular weight excluding hydrogens is 1250 g/mol. The Morgan fingerprint density at radius 3 is 1.36 bits per heavy atom. The van der Waals surface area contributed by atoms with E-state index in [0.29, 0.717) is 6.04 Å². The van der Waals surface area contributed by atoms with E-state index in [9.17, 15) is 19.2 Å². The van der Waals surface area contributed by atoms with E-state index in [0.717, 1.165) is 158 Å². The lowest BCUT2D eigenvalue weighted by Crippen LogP contribution is -2.35. The van der Waals surface area contributed by atoms with Crippen LogP contribution in [0.4, 0.5) is 11.6 Å². The van der Waals surface area contributed by atoms with Crippen LogP contribution in [0.15, 0.2) is 190 Å². The lowest BCUT2D eigenvalue weighted by atomic mass is 10.1. The average Bonchev–Trinajstić information content (AvgIpc) is 1.64. The number of anilines is 2. The first-order valence-corrected chi connectivity index (χ1v) is 34.8. The molecule has 2 saturated carbocycles. The molecule has 1 aromatic carbocycles.